The van der Waals surface area contributed by atoms with Gasteiger partial charge in [0.15, 0.2) is 4.34 Å². The zero-order valence-corrected chi connectivity index (χ0v) is 21.0. The fourth-order valence-electron chi connectivity index (χ4n) is 3.97. The highest BCUT2D eigenvalue weighted by Gasteiger charge is 2.48. The number of benzene rings is 3. The molecule has 3 aromatic carbocycles. The third-order valence-electron chi connectivity index (χ3n) is 5.87. The molecule has 5 rings (SSSR count). The summed E-state index contributed by atoms with van der Waals surface area (Å²) in [6.45, 7) is 1.89. The van der Waals surface area contributed by atoms with Gasteiger partial charge in [-0.25, -0.2) is 8.78 Å². The van der Waals surface area contributed by atoms with Crippen LogP contribution < -0.4 is 4.90 Å². The quantitative estimate of drug-likeness (QED) is 0.107. The monoisotopic (exact) mass is 535 g/mol. The van der Waals surface area contributed by atoms with Crippen molar-refractivity contribution in [3.63, 3.8) is 0 Å². The van der Waals surface area contributed by atoms with E-state index in [4.69, 9.17) is 0 Å². The molecule has 1 amide bonds. The molecule has 6 nitrogen and oxygen atoms in total. The number of halogens is 2. The minimum Gasteiger partial charge on any atom is -0.507 e. The van der Waals surface area contributed by atoms with Crippen LogP contribution in [0.4, 0.5) is 13.9 Å². The highest BCUT2D eigenvalue weighted by atomic mass is 32.2. The van der Waals surface area contributed by atoms with E-state index >= 15 is 0 Å². The number of aryl methyl sites for hydroxylation is 1. The first kappa shape index (κ1) is 24.8. The lowest BCUT2D eigenvalue weighted by Gasteiger charge is -2.22. The van der Waals surface area contributed by atoms with Gasteiger partial charge in [0.25, 0.3) is 5.78 Å². The molecule has 1 aromatic heterocycles. The summed E-state index contributed by atoms with van der Waals surface area (Å²) < 4.78 is 28.2. The van der Waals surface area contributed by atoms with Crippen LogP contribution in [0.15, 0.2) is 82.7 Å². The van der Waals surface area contributed by atoms with Crippen molar-refractivity contribution in [3.8, 4) is 0 Å². The summed E-state index contributed by atoms with van der Waals surface area (Å²) in [6, 6.07) is 17.6. The Morgan fingerprint density at radius 1 is 1.00 bits per heavy atom. The van der Waals surface area contributed by atoms with Crippen LogP contribution in [0, 0.1) is 18.6 Å². The molecule has 1 fully saturated rings. The van der Waals surface area contributed by atoms with E-state index in [1.807, 2.05) is 6.92 Å². The molecule has 0 bridgehead atoms. The van der Waals surface area contributed by atoms with Crippen molar-refractivity contribution in [2.24, 2.45) is 0 Å². The van der Waals surface area contributed by atoms with Crippen LogP contribution in [0.2, 0.25) is 0 Å². The van der Waals surface area contributed by atoms with E-state index in [1.54, 1.807) is 42.5 Å². The number of hydrogen-bond donors (Lipinski definition) is 1. The number of carbonyl (C=O) groups excluding carboxylic acids is 2. The summed E-state index contributed by atoms with van der Waals surface area (Å²) in [4.78, 5) is 27.6. The van der Waals surface area contributed by atoms with Crippen molar-refractivity contribution in [2.45, 2.75) is 23.1 Å². The molecular formula is C27H19F2N3O3S2. The Bertz CT molecular complexity index is 1520. The SMILES string of the molecule is Cc1ccc(/C(O)=C2/C(=O)C(=O)N(c3nnc(SCc4ccccc4F)s3)C2c2ccc(F)cc2)cc1. The number of amides is 1. The molecule has 2 heterocycles. The van der Waals surface area contributed by atoms with Gasteiger partial charge >= 0.3 is 5.91 Å². The molecule has 186 valence electrons. The number of carbonyl (C=O) groups is 2. The van der Waals surface area contributed by atoms with Crippen molar-refractivity contribution >= 4 is 45.7 Å². The van der Waals surface area contributed by atoms with Crippen LogP contribution >= 0.6 is 23.1 Å². The van der Waals surface area contributed by atoms with Crippen LogP contribution in [0.3, 0.4) is 0 Å². The van der Waals surface area contributed by atoms with Crippen molar-refractivity contribution in [2.75, 3.05) is 4.90 Å². The molecular weight excluding hydrogens is 516 g/mol. The van der Waals surface area contributed by atoms with E-state index in [2.05, 4.69) is 10.2 Å². The summed E-state index contributed by atoms with van der Waals surface area (Å²) in [7, 11) is 0. The predicted octanol–water partition coefficient (Wildman–Crippen LogP) is 6.04. The summed E-state index contributed by atoms with van der Waals surface area (Å²) in [5.74, 6) is -2.63. The summed E-state index contributed by atoms with van der Waals surface area (Å²) in [6.07, 6.45) is 0. The van der Waals surface area contributed by atoms with Crippen LogP contribution in [-0.2, 0) is 15.3 Å². The normalized spacial score (nSPS) is 16.9. The smallest absolute Gasteiger partial charge is 0.301 e. The molecule has 1 aliphatic heterocycles. The first-order valence-corrected chi connectivity index (χ1v) is 13.0. The summed E-state index contributed by atoms with van der Waals surface area (Å²) in [5.41, 5.74) is 2.12. The molecule has 10 heteroatoms. The third kappa shape index (κ3) is 4.90. The maximum absolute atomic E-state index is 14.0. The van der Waals surface area contributed by atoms with E-state index in [-0.39, 0.29) is 22.3 Å². The third-order valence-corrected chi connectivity index (χ3v) is 7.97. The number of aliphatic hydroxyl groups is 1. The lowest BCUT2D eigenvalue weighted by atomic mass is 9.95. The van der Waals surface area contributed by atoms with E-state index in [0.717, 1.165) is 16.9 Å². The van der Waals surface area contributed by atoms with Gasteiger partial charge in [-0.05, 0) is 36.2 Å². The topological polar surface area (TPSA) is 83.4 Å². The van der Waals surface area contributed by atoms with Gasteiger partial charge in [-0.2, -0.15) is 0 Å². The van der Waals surface area contributed by atoms with Gasteiger partial charge in [0.05, 0.1) is 11.6 Å². The Morgan fingerprint density at radius 2 is 1.70 bits per heavy atom. The van der Waals surface area contributed by atoms with E-state index in [9.17, 15) is 23.5 Å². The largest absolute Gasteiger partial charge is 0.507 e. The Hall–Kier alpha value is -3.89. The van der Waals surface area contributed by atoms with Crippen molar-refractivity contribution in [3.05, 3.63) is 112 Å². The fraction of sp³-hybridized carbons (Fsp3) is 0.111. The number of nitrogens with zero attached hydrogens (tertiary/aromatic N) is 3. The van der Waals surface area contributed by atoms with Gasteiger partial charge < -0.3 is 5.11 Å². The highest BCUT2D eigenvalue weighted by molar-refractivity contribution is 8.00. The standard InChI is InChI=1S/C27H19F2N3O3S2/c1-15-6-8-17(9-7-15)23(33)21-22(16-10-12-19(28)13-11-16)32(25(35)24(21)34)26-30-31-27(37-26)36-14-18-4-2-3-5-20(18)29/h2-13,22,33H,14H2,1H3/b23-21-. The summed E-state index contributed by atoms with van der Waals surface area (Å²) >= 11 is 2.31. The number of thioether (sulfide) groups is 1. The molecule has 4 aromatic rings. The van der Waals surface area contributed by atoms with Crippen LogP contribution in [0.5, 0.6) is 0 Å². The minimum absolute atomic E-state index is 0.128. The average molecular weight is 536 g/mol. The zero-order chi connectivity index (χ0) is 26.1. The Labute approximate surface area is 219 Å². The van der Waals surface area contributed by atoms with Gasteiger partial charge in [0.1, 0.15) is 17.4 Å². The number of anilines is 1. The number of hydrogen-bond acceptors (Lipinski definition) is 7. The number of aromatic nitrogens is 2. The zero-order valence-electron chi connectivity index (χ0n) is 19.4. The molecule has 0 aliphatic carbocycles. The van der Waals surface area contributed by atoms with Gasteiger partial charge in [0.2, 0.25) is 5.13 Å². The fourth-order valence-corrected chi connectivity index (χ4v) is 5.82. The number of Topliss-reactive ketones (excluding diaryl/α,β-unsaturated/α-hetero) is 1. The molecule has 0 saturated carbocycles. The van der Waals surface area contributed by atoms with Crippen LogP contribution in [-0.4, -0.2) is 27.0 Å². The maximum atomic E-state index is 14.0. The van der Waals surface area contributed by atoms with Crippen LogP contribution in [0.1, 0.15) is 28.3 Å². The van der Waals surface area contributed by atoms with E-state index < -0.39 is 23.5 Å². The second kappa shape index (κ2) is 10.2. The second-order valence-electron chi connectivity index (χ2n) is 8.32. The van der Waals surface area contributed by atoms with Crippen molar-refractivity contribution in [1.29, 1.82) is 0 Å². The first-order valence-electron chi connectivity index (χ1n) is 11.2. The molecule has 1 atom stereocenters. The lowest BCUT2D eigenvalue weighted by molar-refractivity contribution is -0.132. The molecule has 1 aliphatic rings. The van der Waals surface area contributed by atoms with Crippen molar-refractivity contribution < 1.29 is 23.5 Å². The van der Waals surface area contributed by atoms with E-state index in [1.165, 1.54) is 47.0 Å². The highest BCUT2D eigenvalue weighted by Crippen LogP contribution is 2.44. The van der Waals surface area contributed by atoms with Crippen molar-refractivity contribution in [1.82, 2.24) is 10.2 Å². The molecule has 37 heavy (non-hydrogen) atoms. The van der Waals surface area contributed by atoms with Gasteiger partial charge in [-0.15, -0.1) is 10.2 Å². The molecule has 1 saturated heterocycles. The average Bonchev–Trinajstić information content (AvgIpc) is 3.46. The maximum Gasteiger partial charge on any atom is 0.301 e. The Morgan fingerprint density at radius 3 is 2.41 bits per heavy atom. The van der Waals surface area contributed by atoms with E-state index in [0.29, 0.717) is 26.8 Å². The summed E-state index contributed by atoms with van der Waals surface area (Å²) in [5, 5.41) is 19.5. The minimum atomic E-state index is -1.04. The molecule has 1 N–H and O–H groups in total. The number of ketones is 1. The first-order chi connectivity index (χ1) is 17.8. The molecule has 1 unspecified atom stereocenters. The van der Waals surface area contributed by atoms with Gasteiger partial charge in [-0.1, -0.05) is 83.3 Å². The Balaban J connectivity index is 1.54. The van der Waals surface area contributed by atoms with Crippen LogP contribution in [0.25, 0.3) is 5.76 Å². The second-order valence-corrected chi connectivity index (χ2v) is 10.5. The van der Waals surface area contributed by atoms with Gasteiger partial charge in [-0.3, -0.25) is 14.5 Å². The number of rotatable bonds is 6. The predicted molar refractivity (Wildman–Crippen MR) is 138 cm³/mol. The Kier molecular flexibility index (Phi) is 6.86. The lowest BCUT2D eigenvalue weighted by Crippen LogP contribution is -2.29. The van der Waals surface area contributed by atoms with Gasteiger partial charge in [0, 0.05) is 11.3 Å². The molecule has 0 spiro atoms. The number of aliphatic hydroxyl groups excluding tert-OH is 1. The molecule has 0 radical (unpaired) electrons.